The number of nitrogens with one attached hydrogen (secondary N) is 1. The molecule has 19 heavy (non-hydrogen) atoms. The minimum atomic E-state index is -0.151. The van der Waals surface area contributed by atoms with Gasteiger partial charge in [0.2, 0.25) is 5.91 Å². The molecule has 2 heterocycles. The van der Waals surface area contributed by atoms with Crippen LogP contribution in [0.2, 0.25) is 0 Å². The fraction of sp³-hybridized carbons (Fsp3) is 0.933. The summed E-state index contributed by atoms with van der Waals surface area (Å²) in [6.07, 6.45) is 6.27. The molecule has 2 saturated carbocycles. The zero-order valence-corrected chi connectivity index (χ0v) is 12.1. The highest BCUT2D eigenvalue weighted by Gasteiger charge is 2.61. The molecular weight excluding hydrogens is 238 g/mol. The molecule has 0 aromatic heterocycles. The Morgan fingerprint density at radius 1 is 1.21 bits per heavy atom. The number of rotatable bonds is 3. The lowest BCUT2D eigenvalue weighted by Gasteiger charge is -2.32. The van der Waals surface area contributed by atoms with Crippen molar-refractivity contribution in [3.8, 4) is 0 Å². The van der Waals surface area contributed by atoms with Crippen molar-refractivity contribution < 1.29 is 4.79 Å². The molecule has 4 rings (SSSR count). The molecule has 106 valence electrons. The van der Waals surface area contributed by atoms with Crippen molar-refractivity contribution in [2.75, 3.05) is 13.1 Å². The van der Waals surface area contributed by atoms with Gasteiger partial charge in [0.1, 0.15) is 0 Å². The smallest absolute Gasteiger partial charge is 0.244 e. The Morgan fingerprint density at radius 3 is 2.53 bits per heavy atom. The number of likely N-dealkylation sites (tertiary alicyclic amines) is 1. The fourth-order valence-electron chi connectivity index (χ4n) is 3.92. The standard InChI is InChI=1S/C15H25N3O/c1-10(2)13-16-15(6-7-15)14(19)18(13)12-5-8-17(9-12)11-3-4-11/h10-13,16H,3-9H2,1-2H3. The lowest BCUT2D eigenvalue weighted by molar-refractivity contribution is -0.133. The zero-order valence-electron chi connectivity index (χ0n) is 12.1. The molecule has 1 N–H and O–H groups in total. The number of nitrogens with zero attached hydrogens (tertiary/aromatic N) is 2. The van der Waals surface area contributed by atoms with E-state index in [4.69, 9.17) is 0 Å². The summed E-state index contributed by atoms with van der Waals surface area (Å²) in [6, 6.07) is 1.29. The molecule has 2 saturated heterocycles. The lowest BCUT2D eigenvalue weighted by Crippen LogP contribution is -2.48. The van der Waals surface area contributed by atoms with Crippen LogP contribution in [-0.2, 0) is 4.79 Å². The molecule has 1 spiro atoms. The van der Waals surface area contributed by atoms with E-state index in [0.717, 1.165) is 25.4 Å². The highest BCUT2D eigenvalue weighted by Crippen LogP contribution is 2.45. The van der Waals surface area contributed by atoms with Crippen LogP contribution >= 0.6 is 0 Å². The molecule has 4 aliphatic rings. The highest BCUT2D eigenvalue weighted by molar-refractivity contribution is 5.92. The summed E-state index contributed by atoms with van der Waals surface area (Å²) in [7, 11) is 0. The van der Waals surface area contributed by atoms with Gasteiger partial charge in [-0.3, -0.25) is 15.0 Å². The second-order valence-electron chi connectivity index (χ2n) is 7.30. The van der Waals surface area contributed by atoms with Crippen LogP contribution in [0.1, 0.15) is 46.0 Å². The topological polar surface area (TPSA) is 35.6 Å². The van der Waals surface area contributed by atoms with Gasteiger partial charge in [-0.05, 0) is 38.0 Å². The van der Waals surface area contributed by atoms with E-state index in [0.29, 0.717) is 17.9 Å². The molecule has 4 nitrogen and oxygen atoms in total. The average Bonchev–Trinajstić information content (AvgIpc) is 3.27. The normalized spacial score (nSPS) is 37.8. The Balaban J connectivity index is 1.53. The molecule has 2 atom stereocenters. The molecule has 0 aromatic carbocycles. The number of amides is 1. The van der Waals surface area contributed by atoms with Crippen LogP contribution in [0.5, 0.6) is 0 Å². The maximum atomic E-state index is 12.7. The number of hydrogen-bond donors (Lipinski definition) is 1. The van der Waals surface area contributed by atoms with Gasteiger partial charge in [-0.2, -0.15) is 0 Å². The van der Waals surface area contributed by atoms with E-state index in [1.54, 1.807) is 0 Å². The minimum Gasteiger partial charge on any atom is -0.321 e. The summed E-state index contributed by atoms with van der Waals surface area (Å²) < 4.78 is 0. The van der Waals surface area contributed by atoms with Gasteiger partial charge < -0.3 is 4.90 Å². The van der Waals surface area contributed by atoms with Crippen LogP contribution in [-0.4, -0.2) is 52.6 Å². The second kappa shape index (κ2) is 3.95. The van der Waals surface area contributed by atoms with E-state index in [2.05, 4.69) is 29.0 Å². The molecule has 2 aliphatic heterocycles. The van der Waals surface area contributed by atoms with E-state index in [-0.39, 0.29) is 11.7 Å². The summed E-state index contributed by atoms with van der Waals surface area (Å²) >= 11 is 0. The van der Waals surface area contributed by atoms with E-state index < -0.39 is 0 Å². The van der Waals surface area contributed by atoms with E-state index in [1.807, 2.05) is 0 Å². The summed E-state index contributed by atoms with van der Waals surface area (Å²) in [6.45, 7) is 6.76. The molecule has 0 bridgehead atoms. The summed E-state index contributed by atoms with van der Waals surface area (Å²) in [5.74, 6) is 0.896. The van der Waals surface area contributed by atoms with E-state index >= 15 is 0 Å². The maximum Gasteiger partial charge on any atom is 0.244 e. The molecule has 0 radical (unpaired) electrons. The number of carbonyl (C=O) groups excluding carboxylic acids is 1. The van der Waals surface area contributed by atoms with E-state index in [9.17, 15) is 4.79 Å². The first kappa shape index (κ1) is 12.2. The summed E-state index contributed by atoms with van der Waals surface area (Å²) in [5.41, 5.74) is -0.151. The molecular formula is C15H25N3O. The van der Waals surface area contributed by atoms with Gasteiger partial charge in [-0.25, -0.2) is 0 Å². The van der Waals surface area contributed by atoms with Crippen LogP contribution in [0.25, 0.3) is 0 Å². The molecule has 2 aliphatic carbocycles. The number of carbonyl (C=O) groups is 1. The van der Waals surface area contributed by atoms with Crippen LogP contribution in [0.3, 0.4) is 0 Å². The molecule has 0 aromatic rings. The predicted molar refractivity (Wildman–Crippen MR) is 73.6 cm³/mol. The third-order valence-corrected chi connectivity index (χ3v) is 5.40. The van der Waals surface area contributed by atoms with E-state index in [1.165, 1.54) is 25.8 Å². The van der Waals surface area contributed by atoms with Gasteiger partial charge in [0.15, 0.2) is 0 Å². The van der Waals surface area contributed by atoms with Gasteiger partial charge >= 0.3 is 0 Å². The maximum absolute atomic E-state index is 12.7. The van der Waals surface area contributed by atoms with Crippen LogP contribution < -0.4 is 5.32 Å². The van der Waals surface area contributed by atoms with Crippen molar-refractivity contribution in [2.45, 2.75) is 69.7 Å². The number of hydrogen-bond acceptors (Lipinski definition) is 3. The minimum absolute atomic E-state index is 0.151. The predicted octanol–water partition coefficient (Wildman–Crippen LogP) is 1.17. The van der Waals surface area contributed by atoms with Gasteiger partial charge in [-0.15, -0.1) is 0 Å². The Kier molecular flexibility index (Phi) is 2.53. The van der Waals surface area contributed by atoms with Gasteiger partial charge in [0, 0.05) is 25.2 Å². The molecule has 1 amide bonds. The quantitative estimate of drug-likeness (QED) is 0.830. The van der Waals surface area contributed by atoms with Crippen molar-refractivity contribution >= 4 is 5.91 Å². The van der Waals surface area contributed by atoms with Gasteiger partial charge in [-0.1, -0.05) is 13.8 Å². The molecule has 4 heteroatoms. The zero-order chi connectivity index (χ0) is 13.2. The van der Waals surface area contributed by atoms with Crippen LogP contribution in [0.4, 0.5) is 0 Å². The van der Waals surface area contributed by atoms with Crippen molar-refractivity contribution in [3.63, 3.8) is 0 Å². The summed E-state index contributed by atoms with van der Waals surface area (Å²) in [5, 5.41) is 3.64. The lowest BCUT2D eigenvalue weighted by atomic mass is 10.1. The Morgan fingerprint density at radius 2 is 1.95 bits per heavy atom. The first-order valence-corrected chi connectivity index (χ1v) is 7.95. The largest absolute Gasteiger partial charge is 0.321 e. The Hall–Kier alpha value is -0.610. The fourth-order valence-corrected chi connectivity index (χ4v) is 3.92. The molecule has 4 fully saturated rings. The Labute approximate surface area is 115 Å². The third kappa shape index (κ3) is 1.83. The second-order valence-corrected chi connectivity index (χ2v) is 7.30. The van der Waals surface area contributed by atoms with Crippen LogP contribution in [0, 0.1) is 5.92 Å². The van der Waals surface area contributed by atoms with Crippen LogP contribution in [0.15, 0.2) is 0 Å². The van der Waals surface area contributed by atoms with Crippen molar-refractivity contribution in [3.05, 3.63) is 0 Å². The van der Waals surface area contributed by atoms with Crippen molar-refractivity contribution in [1.29, 1.82) is 0 Å². The average molecular weight is 263 g/mol. The summed E-state index contributed by atoms with van der Waals surface area (Å²) in [4.78, 5) is 17.6. The molecule has 2 unspecified atom stereocenters. The first-order valence-electron chi connectivity index (χ1n) is 7.95. The van der Waals surface area contributed by atoms with Gasteiger partial charge in [0.05, 0.1) is 11.7 Å². The Bertz CT molecular complexity index is 400. The van der Waals surface area contributed by atoms with Crippen molar-refractivity contribution in [2.24, 2.45) is 5.92 Å². The third-order valence-electron chi connectivity index (χ3n) is 5.40. The monoisotopic (exact) mass is 263 g/mol. The van der Waals surface area contributed by atoms with Gasteiger partial charge in [0.25, 0.3) is 0 Å². The first-order chi connectivity index (χ1) is 9.11. The SMILES string of the molecule is CC(C)C1NC2(CC2)C(=O)N1C1CCN(C2CC2)C1. The highest BCUT2D eigenvalue weighted by atomic mass is 16.2. The van der Waals surface area contributed by atoms with Crippen molar-refractivity contribution in [1.82, 2.24) is 15.1 Å².